The number of nitrogens with zero attached hydrogens (tertiary/aromatic N) is 2. The lowest BCUT2D eigenvalue weighted by atomic mass is 10.1. The summed E-state index contributed by atoms with van der Waals surface area (Å²) in [7, 11) is -3.56. The topological polar surface area (TPSA) is 113 Å². The Hall–Kier alpha value is -1.68. The lowest BCUT2D eigenvalue weighted by Crippen LogP contribution is -2.34. The molecule has 2 aromatic heterocycles. The van der Waals surface area contributed by atoms with Crippen molar-refractivity contribution in [2.24, 2.45) is 5.92 Å². The minimum Gasteiger partial charge on any atom is -0.391 e. The minimum atomic E-state index is -3.56. The largest absolute Gasteiger partial charge is 0.391 e. The summed E-state index contributed by atoms with van der Waals surface area (Å²) < 4.78 is 25.1. The summed E-state index contributed by atoms with van der Waals surface area (Å²) in [5.41, 5.74) is 0.488. The zero-order valence-electron chi connectivity index (χ0n) is 13.0. The second-order valence-corrected chi connectivity index (χ2v) is 7.58. The lowest BCUT2D eigenvalue weighted by Gasteiger charge is -2.13. The van der Waals surface area contributed by atoms with E-state index < -0.39 is 21.8 Å². The number of fused-ring (bicyclic) bond motifs is 1. The summed E-state index contributed by atoms with van der Waals surface area (Å²) in [4.78, 5) is 16.4. The van der Waals surface area contributed by atoms with E-state index in [1.54, 1.807) is 24.4 Å². The first-order chi connectivity index (χ1) is 10.9. The third-order valence-electron chi connectivity index (χ3n) is 3.89. The van der Waals surface area contributed by atoms with Gasteiger partial charge in [0.1, 0.15) is 0 Å². The molecule has 3 heterocycles. The second kappa shape index (κ2) is 7.06. The van der Waals surface area contributed by atoms with Crippen LogP contribution in [0.3, 0.4) is 0 Å². The highest BCUT2D eigenvalue weighted by atomic mass is 35.5. The SMILES string of the molecule is CS(=O)(=O)c1nc(C(=O)NCC2CNCC2O)c2ccccn12.Cl. The molecule has 0 aromatic carbocycles. The Labute approximate surface area is 145 Å². The quantitative estimate of drug-likeness (QED) is 0.663. The number of imidazole rings is 1. The Balaban J connectivity index is 0.00000208. The molecule has 2 aromatic rings. The molecule has 2 unspecified atom stereocenters. The van der Waals surface area contributed by atoms with Gasteiger partial charge in [0.2, 0.25) is 15.0 Å². The van der Waals surface area contributed by atoms with Crippen LogP contribution in [0.15, 0.2) is 29.6 Å². The molecular weight excluding hydrogens is 356 g/mol. The van der Waals surface area contributed by atoms with E-state index in [2.05, 4.69) is 15.6 Å². The second-order valence-electron chi connectivity index (χ2n) is 5.67. The molecule has 8 nitrogen and oxygen atoms in total. The maximum atomic E-state index is 12.4. The third kappa shape index (κ3) is 3.54. The smallest absolute Gasteiger partial charge is 0.272 e. The van der Waals surface area contributed by atoms with Gasteiger partial charge in [-0.1, -0.05) is 6.07 Å². The van der Waals surface area contributed by atoms with Gasteiger partial charge < -0.3 is 15.7 Å². The number of carbonyl (C=O) groups is 1. The van der Waals surface area contributed by atoms with Crippen molar-refractivity contribution in [1.82, 2.24) is 20.0 Å². The number of hydrogen-bond acceptors (Lipinski definition) is 6. The highest BCUT2D eigenvalue weighted by Crippen LogP contribution is 2.17. The molecule has 24 heavy (non-hydrogen) atoms. The van der Waals surface area contributed by atoms with Gasteiger partial charge in [-0.3, -0.25) is 9.20 Å². The van der Waals surface area contributed by atoms with Crippen LogP contribution in [0.5, 0.6) is 0 Å². The molecule has 3 N–H and O–H groups in total. The Morgan fingerprint density at radius 3 is 2.83 bits per heavy atom. The fourth-order valence-electron chi connectivity index (χ4n) is 2.67. The van der Waals surface area contributed by atoms with Crippen LogP contribution in [-0.2, 0) is 9.84 Å². The van der Waals surface area contributed by atoms with Crippen molar-refractivity contribution in [3.63, 3.8) is 0 Å². The van der Waals surface area contributed by atoms with E-state index in [-0.39, 0.29) is 29.2 Å². The summed E-state index contributed by atoms with van der Waals surface area (Å²) in [6.45, 7) is 1.43. The number of aromatic nitrogens is 2. The number of amides is 1. The molecule has 0 radical (unpaired) electrons. The number of carbonyl (C=O) groups excluding carboxylic acids is 1. The van der Waals surface area contributed by atoms with E-state index in [1.165, 1.54) is 4.40 Å². The predicted molar refractivity (Wildman–Crippen MR) is 90.2 cm³/mol. The molecule has 1 saturated heterocycles. The molecule has 0 aliphatic carbocycles. The minimum absolute atomic E-state index is 0. The number of aliphatic hydroxyl groups excluding tert-OH is 1. The summed E-state index contributed by atoms with van der Waals surface area (Å²) in [6, 6.07) is 5.03. The normalized spacial score (nSPS) is 20.8. The first kappa shape index (κ1) is 18.7. The molecule has 2 atom stereocenters. The van der Waals surface area contributed by atoms with Crippen molar-refractivity contribution in [1.29, 1.82) is 0 Å². The number of nitrogens with one attached hydrogen (secondary N) is 2. The maximum absolute atomic E-state index is 12.4. The van der Waals surface area contributed by atoms with Crippen molar-refractivity contribution in [2.45, 2.75) is 11.3 Å². The van der Waals surface area contributed by atoms with Gasteiger partial charge in [-0.05, 0) is 12.1 Å². The standard InChI is InChI=1S/C14H18N4O4S.ClH/c1-23(21,22)14-17-12(10-4-2-3-5-18(10)14)13(20)16-7-9-6-15-8-11(9)19;/h2-5,9,11,15,19H,6-8H2,1H3,(H,16,20);1H. The average Bonchev–Trinajstić information content (AvgIpc) is 3.08. The Morgan fingerprint density at radius 2 is 2.21 bits per heavy atom. The number of halogens is 1. The number of rotatable bonds is 4. The van der Waals surface area contributed by atoms with Gasteiger partial charge in [-0.25, -0.2) is 13.4 Å². The van der Waals surface area contributed by atoms with Gasteiger partial charge in [-0.15, -0.1) is 12.4 Å². The van der Waals surface area contributed by atoms with Crippen molar-refractivity contribution in [3.8, 4) is 0 Å². The van der Waals surface area contributed by atoms with E-state index in [0.717, 1.165) is 6.26 Å². The van der Waals surface area contributed by atoms with E-state index in [0.29, 0.717) is 25.2 Å². The molecule has 1 amide bonds. The van der Waals surface area contributed by atoms with Crippen LogP contribution in [-0.4, -0.2) is 60.8 Å². The van der Waals surface area contributed by atoms with E-state index in [9.17, 15) is 18.3 Å². The van der Waals surface area contributed by atoms with Gasteiger partial charge in [0, 0.05) is 38.0 Å². The van der Waals surface area contributed by atoms with Crippen LogP contribution >= 0.6 is 12.4 Å². The van der Waals surface area contributed by atoms with Crippen LogP contribution in [0.4, 0.5) is 0 Å². The molecule has 1 aliphatic rings. The maximum Gasteiger partial charge on any atom is 0.272 e. The zero-order valence-corrected chi connectivity index (χ0v) is 14.6. The van der Waals surface area contributed by atoms with Crippen LogP contribution in [0.2, 0.25) is 0 Å². The van der Waals surface area contributed by atoms with E-state index in [1.807, 2.05) is 0 Å². The Bertz CT molecular complexity index is 852. The van der Waals surface area contributed by atoms with Gasteiger partial charge in [0.05, 0.1) is 11.6 Å². The lowest BCUT2D eigenvalue weighted by molar-refractivity contribution is 0.0924. The number of pyridine rings is 1. The van der Waals surface area contributed by atoms with Crippen LogP contribution < -0.4 is 10.6 Å². The number of β-amino-alcohol motifs (C(OH)–C–C–N with tert-alkyl or cyclic N) is 1. The fraction of sp³-hybridized carbons (Fsp3) is 0.429. The Morgan fingerprint density at radius 1 is 1.46 bits per heavy atom. The van der Waals surface area contributed by atoms with E-state index >= 15 is 0 Å². The Kier molecular flexibility index (Phi) is 5.49. The van der Waals surface area contributed by atoms with Crippen molar-refractivity contribution >= 4 is 33.7 Å². The van der Waals surface area contributed by atoms with Crippen LogP contribution in [0.25, 0.3) is 5.52 Å². The number of hydrogen-bond donors (Lipinski definition) is 3. The number of aliphatic hydroxyl groups is 1. The predicted octanol–water partition coefficient (Wildman–Crippen LogP) is -0.530. The molecule has 132 valence electrons. The first-order valence-electron chi connectivity index (χ1n) is 7.22. The molecule has 0 spiro atoms. The summed E-state index contributed by atoms with van der Waals surface area (Å²) in [6.07, 6.45) is 2.11. The highest BCUT2D eigenvalue weighted by molar-refractivity contribution is 7.90. The molecule has 0 saturated carbocycles. The fourth-order valence-corrected chi connectivity index (χ4v) is 3.45. The summed E-state index contributed by atoms with van der Waals surface area (Å²) in [5.74, 6) is -0.523. The molecular formula is C14H19ClN4O4S. The molecule has 3 rings (SSSR count). The third-order valence-corrected chi connectivity index (χ3v) is 4.84. The van der Waals surface area contributed by atoms with Crippen molar-refractivity contribution in [3.05, 3.63) is 30.1 Å². The van der Waals surface area contributed by atoms with E-state index in [4.69, 9.17) is 0 Å². The summed E-state index contributed by atoms with van der Waals surface area (Å²) >= 11 is 0. The summed E-state index contributed by atoms with van der Waals surface area (Å²) in [5, 5.41) is 15.3. The zero-order chi connectivity index (χ0) is 16.6. The van der Waals surface area contributed by atoms with Crippen LogP contribution in [0, 0.1) is 5.92 Å². The van der Waals surface area contributed by atoms with Gasteiger partial charge in [0.25, 0.3) is 5.91 Å². The van der Waals surface area contributed by atoms with Gasteiger partial charge >= 0.3 is 0 Å². The average molecular weight is 375 g/mol. The highest BCUT2D eigenvalue weighted by Gasteiger charge is 2.27. The first-order valence-corrected chi connectivity index (χ1v) is 9.11. The molecule has 0 bridgehead atoms. The number of sulfone groups is 1. The van der Waals surface area contributed by atoms with Crippen LogP contribution in [0.1, 0.15) is 10.5 Å². The molecule has 10 heteroatoms. The van der Waals surface area contributed by atoms with Crippen molar-refractivity contribution in [2.75, 3.05) is 25.9 Å². The van der Waals surface area contributed by atoms with Crippen molar-refractivity contribution < 1.29 is 18.3 Å². The molecule has 1 aliphatic heterocycles. The van der Waals surface area contributed by atoms with Gasteiger partial charge in [-0.2, -0.15) is 0 Å². The van der Waals surface area contributed by atoms with Gasteiger partial charge in [0.15, 0.2) is 5.69 Å². The molecule has 1 fully saturated rings. The monoisotopic (exact) mass is 374 g/mol.